The van der Waals surface area contributed by atoms with Gasteiger partial charge in [0.25, 0.3) is 0 Å². The number of hydrogen-bond donors (Lipinski definition) is 1. The number of aliphatic hydroxyl groups excluding tert-OH is 1. The van der Waals surface area contributed by atoms with Crippen molar-refractivity contribution in [2.24, 2.45) is 0 Å². The highest BCUT2D eigenvalue weighted by atomic mass is 16.3. The summed E-state index contributed by atoms with van der Waals surface area (Å²) in [5, 5.41) is 8.85. The fourth-order valence-corrected chi connectivity index (χ4v) is 1.20. The van der Waals surface area contributed by atoms with Gasteiger partial charge in [-0.05, 0) is 27.1 Å². The number of aliphatic hydroxyl groups is 1. The minimum atomic E-state index is 0.275. The van der Waals surface area contributed by atoms with Gasteiger partial charge in [0.2, 0.25) is 0 Å². The van der Waals surface area contributed by atoms with Gasteiger partial charge in [-0.15, -0.1) is 0 Å². The van der Waals surface area contributed by atoms with Gasteiger partial charge in [0.05, 0.1) is 6.61 Å². The van der Waals surface area contributed by atoms with Crippen molar-refractivity contribution < 1.29 is 5.11 Å². The molecule has 0 aliphatic heterocycles. The topological polar surface area (TPSA) is 26.7 Å². The molecule has 0 atom stereocenters. The van der Waals surface area contributed by atoms with Gasteiger partial charge in [0.1, 0.15) is 0 Å². The van der Waals surface area contributed by atoms with Crippen LogP contribution in [0.5, 0.6) is 0 Å². The maximum atomic E-state index is 8.85. The summed E-state index contributed by atoms with van der Waals surface area (Å²) >= 11 is 0. The van der Waals surface area contributed by atoms with E-state index in [0.29, 0.717) is 0 Å². The molecule has 0 amide bonds. The normalized spacial score (nSPS) is 11.5. The molecule has 3 heteroatoms. The third-order valence-corrected chi connectivity index (χ3v) is 2.11. The number of rotatable bonds is 8. The second kappa shape index (κ2) is 8.48. The molecule has 13 heavy (non-hydrogen) atoms. The third-order valence-electron chi connectivity index (χ3n) is 2.11. The van der Waals surface area contributed by atoms with E-state index in [-0.39, 0.29) is 6.61 Å². The smallest absolute Gasteiger partial charge is 0.0558 e. The van der Waals surface area contributed by atoms with Crippen molar-refractivity contribution in [1.29, 1.82) is 0 Å². The van der Waals surface area contributed by atoms with E-state index in [4.69, 9.17) is 5.11 Å². The van der Waals surface area contributed by atoms with Gasteiger partial charge in [-0.25, -0.2) is 0 Å². The van der Waals surface area contributed by atoms with Crippen LogP contribution >= 0.6 is 0 Å². The average Bonchev–Trinajstić information content (AvgIpc) is 2.09. The highest BCUT2D eigenvalue weighted by Crippen LogP contribution is 1.94. The summed E-state index contributed by atoms with van der Waals surface area (Å²) in [6, 6.07) is 0. The monoisotopic (exact) mass is 188 g/mol. The van der Waals surface area contributed by atoms with Gasteiger partial charge in [0.15, 0.2) is 0 Å². The first-order valence-electron chi connectivity index (χ1n) is 5.18. The van der Waals surface area contributed by atoms with E-state index in [9.17, 15) is 0 Å². The van der Waals surface area contributed by atoms with Gasteiger partial charge in [0, 0.05) is 19.6 Å². The SMILES string of the molecule is CCCCN(CCO)CCN(C)C. The molecule has 0 aromatic carbocycles. The van der Waals surface area contributed by atoms with Gasteiger partial charge in [-0.2, -0.15) is 0 Å². The highest BCUT2D eigenvalue weighted by Gasteiger charge is 2.03. The van der Waals surface area contributed by atoms with Crippen LogP contribution < -0.4 is 0 Å². The molecule has 0 saturated heterocycles. The zero-order valence-electron chi connectivity index (χ0n) is 9.29. The predicted octanol–water partition coefficient (Wildman–Crippen LogP) is 0.642. The van der Waals surface area contributed by atoms with Crippen LogP contribution in [0.15, 0.2) is 0 Å². The predicted molar refractivity (Wildman–Crippen MR) is 57.0 cm³/mol. The van der Waals surface area contributed by atoms with Crippen LogP contribution in [0.25, 0.3) is 0 Å². The molecule has 80 valence electrons. The Labute approximate surface area is 82.3 Å². The van der Waals surface area contributed by atoms with E-state index in [1.54, 1.807) is 0 Å². The van der Waals surface area contributed by atoms with E-state index >= 15 is 0 Å². The molecule has 0 unspecified atom stereocenters. The first kappa shape index (κ1) is 12.9. The molecule has 0 saturated carbocycles. The Balaban J connectivity index is 3.53. The molecular formula is C10H24N2O. The van der Waals surface area contributed by atoms with Crippen molar-refractivity contribution in [3.05, 3.63) is 0 Å². The van der Waals surface area contributed by atoms with E-state index in [0.717, 1.165) is 26.2 Å². The first-order chi connectivity index (χ1) is 6.20. The van der Waals surface area contributed by atoms with Crippen molar-refractivity contribution in [1.82, 2.24) is 9.80 Å². The largest absolute Gasteiger partial charge is 0.395 e. The molecule has 0 aromatic rings. The lowest BCUT2D eigenvalue weighted by atomic mass is 10.3. The lowest BCUT2D eigenvalue weighted by Crippen LogP contribution is -2.34. The fraction of sp³-hybridized carbons (Fsp3) is 1.00. The number of nitrogens with zero attached hydrogens (tertiary/aromatic N) is 2. The summed E-state index contributed by atoms with van der Waals surface area (Å²) in [4.78, 5) is 4.50. The first-order valence-corrected chi connectivity index (χ1v) is 5.18. The Morgan fingerprint density at radius 2 is 1.69 bits per heavy atom. The van der Waals surface area contributed by atoms with Crippen LogP contribution in [0.2, 0.25) is 0 Å². The van der Waals surface area contributed by atoms with Gasteiger partial charge in [-0.3, -0.25) is 4.90 Å². The Hall–Kier alpha value is -0.120. The van der Waals surface area contributed by atoms with Crippen LogP contribution in [0.4, 0.5) is 0 Å². The van der Waals surface area contributed by atoms with Crippen LogP contribution in [0, 0.1) is 0 Å². The van der Waals surface area contributed by atoms with Gasteiger partial charge in [-0.1, -0.05) is 13.3 Å². The Morgan fingerprint density at radius 1 is 1.00 bits per heavy atom. The molecule has 0 radical (unpaired) electrons. The van der Waals surface area contributed by atoms with Gasteiger partial charge >= 0.3 is 0 Å². The standard InChI is InChI=1S/C10H24N2O/c1-4-5-6-12(9-10-13)8-7-11(2)3/h13H,4-10H2,1-3H3. The zero-order chi connectivity index (χ0) is 10.1. The van der Waals surface area contributed by atoms with Crippen LogP contribution in [-0.4, -0.2) is 61.8 Å². The molecule has 0 rings (SSSR count). The quantitative estimate of drug-likeness (QED) is 0.605. The molecule has 0 fully saturated rings. The zero-order valence-corrected chi connectivity index (χ0v) is 9.29. The van der Waals surface area contributed by atoms with E-state index < -0.39 is 0 Å². The Morgan fingerprint density at radius 3 is 2.15 bits per heavy atom. The molecule has 0 aliphatic carbocycles. The second-order valence-electron chi connectivity index (χ2n) is 3.72. The minimum Gasteiger partial charge on any atom is -0.395 e. The van der Waals surface area contributed by atoms with Crippen LogP contribution in [0.3, 0.4) is 0 Å². The van der Waals surface area contributed by atoms with Crippen molar-refractivity contribution >= 4 is 0 Å². The van der Waals surface area contributed by atoms with E-state index in [1.165, 1.54) is 12.8 Å². The lowest BCUT2D eigenvalue weighted by Gasteiger charge is -2.22. The number of likely N-dealkylation sites (N-methyl/N-ethyl adjacent to an activating group) is 1. The van der Waals surface area contributed by atoms with E-state index in [2.05, 4.69) is 30.8 Å². The van der Waals surface area contributed by atoms with E-state index in [1.807, 2.05) is 0 Å². The van der Waals surface area contributed by atoms with Crippen LogP contribution in [-0.2, 0) is 0 Å². The van der Waals surface area contributed by atoms with Crippen LogP contribution in [0.1, 0.15) is 19.8 Å². The van der Waals surface area contributed by atoms with Crippen molar-refractivity contribution in [2.45, 2.75) is 19.8 Å². The maximum absolute atomic E-state index is 8.85. The summed E-state index contributed by atoms with van der Waals surface area (Å²) in [7, 11) is 4.16. The minimum absolute atomic E-state index is 0.275. The summed E-state index contributed by atoms with van der Waals surface area (Å²) in [5.74, 6) is 0. The second-order valence-corrected chi connectivity index (χ2v) is 3.72. The van der Waals surface area contributed by atoms with Crippen molar-refractivity contribution in [3.8, 4) is 0 Å². The Kier molecular flexibility index (Phi) is 8.40. The average molecular weight is 188 g/mol. The number of unbranched alkanes of at least 4 members (excludes halogenated alkanes) is 1. The lowest BCUT2D eigenvalue weighted by molar-refractivity contribution is 0.182. The molecule has 0 aliphatic rings. The molecular weight excluding hydrogens is 164 g/mol. The summed E-state index contributed by atoms with van der Waals surface area (Å²) in [6.45, 7) is 6.54. The van der Waals surface area contributed by atoms with Crippen molar-refractivity contribution in [2.75, 3.05) is 46.9 Å². The van der Waals surface area contributed by atoms with Crippen molar-refractivity contribution in [3.63, 3.8) is 0 Å². The molecule has 1 N–H and O–H groups in total. The molecule has 0 bridgehead atoms. The molecule has 3 nitrogen and oxygen atoms in total. The fourth-order valence-electron chi connectivity index (χ4n) is 1.20. The summed E-state index contributed by atoms with van der Waals surface area (Å²) in [6.07, 6.45) is 2.46. The summed E-state index contributed by atoms with van der Waals surface area (Å²) < 4.78 is 0. The molecule has 0 spiro atoms. The Bertz CT molecular complexity index is 107. The van der Waals surface area contributed by atoms with Gasteiger partial charge < -0.3 is 10.0 Å². The highest BCUT2D eigenvalue weighted by molar-refractivity contribution is 4.58. The maximum Gasteiger partial charge on any atom is 0.0558 e. The molecule has 0 aromatic heterocycles. The molecule has 0 heterocycles. The number of hydrogen-bond acceptors (Lipinski definition) is 3. The summed E-state index contributed by atoms with van der Waals surface area (Å²) in [5.41, 5.74) is 0. The third kappa shape index (κ3) is 8.22.